The second kappa shape index (κ2) is 6.97. The second-order valence-corrected chi connectivity index (χ2v) is 8.17. The molecule has 148 valence electrons. The number of nitrogens with zero attached hydrogens (tertiary/aromatic N) is 2. The summed E-state index contributed by atoms with van der Waals surface area (Å²) in [5.41, 5.74) is 1.07. The number of hydrogen-bond acceptors (Lipinski definition) is 4. The first-order chi connectivity index (χ1) is 14.1. The number of rotatable bonds is 5. The van der Waals surface area contributed by atoms with Gasteiger partial charge in [-0.25, -0.2) is 0 Å². The molecule has 1 spiro atoms. The highest BCUT2D eigenvalue weighted by Crippen LogP contribution is 2.52. The molecule has 1 N–H and O–H groups in total. The van der Waals surface area contributed by atoms with E-state index in [4.69, 9.17) is 16.3 Å². The highest BCUT2D eigenvalue weighted by atomic mass is 35.5. The summed E-state index contributed by atoms with van der Waals surface area (Å²) in [7, 11) is 0. The lowest BCUT2D eigenvalue weighted by Crippen LogP contribution is -2.43. The molecular weight excluding hydrogens is 390 g/mol. The summed E-state index contributed by atoms with van der Waals surface area (Å²) in [6, 6.07) is 11.2. The van der Waals surface area contributed by atoms with Crippen LogP contribution < -0.4 is 5.32 Å². The van der Waals surface area contributed by atoms with Crippen molar-refractivity contribution in [2.75, 3.05) is 6.54 Å². The van der Waals surface area contributed by atoms with Gasteiger partial charge in [-0.1, -0.05) is 48.0 Å². The summed E-state index contributed by atoms with van der Waals surface area (Å²) < 4.78 is 6.16. The monoisotopic (exact) mass is 409 g/mol. The van der Waals surface area contributed by atoms with Crippen LogP contribution in [0.25, 0.3) is 0 Å². The van der Waals surface area contributed by atoms with Crippen molar-refractivity contribution >= 4 is 23.4 Å². The number of benzene rings is 1. The van der Waals surface area contributed by atoms with E-state index in [1.54, 1.807) is 17.3 Å². The third-order valence-electron chi connectivity index (χ3n) is 5.99. The van der Waals surface area contributed by atoms with Crippen LogP contribution >= 0.6 is 11.6 Å². The summed E-state index contributed by atoms with van der Waals surface area (Å²) in [6.45, 7) is 1.21. The van der Waals surface area contributed by atoms with Gasteiger partial charge >= 0.3 is 0 Å². The Morgan fingerprint density at radius 2 is 2.17 bits per heavy atom. The lowest BCUT2D eigenvalue weighted by molar-refractivity contribution is -0.137. The second-order valence-electron chi connectivity index (χ2n) is 7.76. The Morgan fingerprint density at radius 3 is 2.97 bits per heavy atom. The first-order valence-corrected chi connectivity index (χ1v) is 10.0. The van der Waals surface area contributed by atoms with E-state index in [1.807, 2.05) is 48.6 Å². The number of fused-ring (bicyclic) bond motifs is 1. The Labute approximate surface area is 173 Å². The smallest absolute Gasteiger partial charge is 0.230 e. The van der Waals surface area contributed by atoms with E-state index < -0.39 is 17.4 Å². The summed E-state index contributed by atoms with van der Waals surface area (Å²) in [5.74, 6) is -1.25. The molecule has 2 amide bonds. The molecule has 3 aliphatic heterocycles. The van der Waals surface area contributed by atoms with Gasteiger partial charge in [0.25, 0.3) is 0 Å². The van der Waals surface area contributed by atoms with Crippen LogP contribution in [0.3, 0.4) is 0 Å². The maximum Gasteiger partial charge on any atom is 0.230 e. The number of halogens is 1. The van der Waals surface area contributed by atoms with Gasteiger partial charge in [0.15, 0.2) is 0 Å². The zero-order chi connectivity index (χ0) is 20.0. The van der Waals surface area contributed by atoms with Gasteiger partial charge in [0.2, 0.25) is 11.8 Å². The number of pyridine rings is 1. The fourth-order valence-corrected chi connectivity index (χ4v) is 4.85. The molecule has 4 atom stereocenters. The Morgan fingerprint density at radius 1 is 1.31 bits per heavy atom. The summed E-state index contributed by atoms with van der Waals surface area (Å²) >= 11 is 6.27. The molecular formula is C22H20ClN3O3. The molecule has 5 rings (SSSR count). The van der Waals surface area contributed by atoms with Crippen molar-refractivity contribution in [3.8, 4) is 0 Å². The highest BCUT2D eigenvalue weighted by molar-refractivity contribution is 6.31. The predicted molar refractivity (Wildman–Crippen MR) is 107 cm³/mol. The molecule has 0 saturated carbocycles. The number of carbonyl (C=O) groups is 2. The number of aromatic nitrogens is 1. The Balaban J connectivity index is 1.34. The van der Waals surface area contributed by atoms with Crippen molar-refractivity contribution in [2.24, 2.45) is 11.8 Å². The van der Waals surface area contributed by atoms with Gasteiger partial charge in [-0.05, 0) is 23.3 Å². The first kappa shape index (κ1) is 18.3. The minimum atomic E-state index is -0.723. The van der Waals surface area contributed by atoms with Crippen molar-refractivity contribution in [2.45, 2.75) is 24.8 Å². The molecule has 0 aliphatic carbocycles. The van der Waals surface area contributed by atoms with Crippen LogP contribution in [0.5, 0.6) is 0 Å². The van der Waals surface area contributed by atoms with Gasteiger partial charge < -0.3 is 15.0 Å². The van der Waals surface area contributed by atoms with Crippen LogP contribution in [0.2, 0.25) is 5.02 Å². The lowest BCUT2D eigenvalue weighted by atomic mass is 9.77. The van der Waals surface area contributed by atoms with Gasteiger partial charge in [-0.15, -0.1) is 0 Å². The fraction of sp³-hybridized carbons (Fsp3) is 0.318. The summed E-state index contributed by atoms with van der Waals surface area (Å²) in [5, 5.41) is 3.57. The molecule has 29 heavy (non-hydrogen) atoms. The lowest BCUT2D eigenvalue weighted by Gasteiger charge is -2.23. The minimum absolute atomic E-state index is 0.0571. The van der Waals surface area contributed by atoms with Crippen LogP contribution in [0, 0.1) is 11.8 Å². The normalized spacial score (nSPS) is 29.3. The number of likely N-dealkylation sites (tertiary alicyclic amines) is 1. The molecule has 1 aromatic heterocycles. The molecule has 0 radical (unpaired) electrons. The van der Waals surface area contributed by atoms with E-state index >= 15 is 0 Å². The van der Waals surface area contributed by atoms with Gasteiger partial charge in [-0.3, -0.25) is 14.6 Å². The third kappa shape index (κ3) is 3.03. The predicted octanol–water partition coefficient (Wildman–Crippen LogP) is 2.33. The number of nitrogens with one attached hydrogen (secondary N) is 1. The van der Waals surface area contributed by atoms with Gasteiger partial charge in [0.1, 0.15) is 5.60 Å². The number of amides is 2. The van der Waals surface area contributed by atoms with E-state index in [9.17, 15) is 9.59 Å². The zero-order valence-corrected chi connectivity index (χ0v) is 16.4. The van der Waals surface area contributed by atoms with E-state index in [0.717, 1.165) is 11.1 Å². The average molecular weight is 410 g/mol. The molecule has 4 heterocycles. The first-order valence-electron chi connectivity index (χ1n) is 9.63. The summed E-state index contributed by atoms with van der Waals surface area (Å²) in [4.78, 5) is 32.0. The molecule has 7 heteroatoms. The van der Waals surface area contributed by atoms with Crippen LogP contribution in [-0.2, 0) is 27.4 Å². The van der Waals surface area contributed by atoms with Gasteiger partial charge in [-0.2, -0.15) is 0 Å². The van der Waals surface area contributed by atoms with E-state index in [0.29, 0.717) is 24.7 Å². The van der Waals surface area contributed by atoms with Crippen LogP contribution in [0.4, 0.5) is 0 Å². The zero-order valence-electron chi connectivity index (χ0n) is 15.6. The third-order valence-corrected chi connectivity index (χ3v) is 6.36. The summed E-state index contributed by atoms with van der Waals surface area (Å²) in [6.07, 6.45) is 6.91. The SMILES string of the molecule is O=C(NCc1cccnc1)C1[C@@H]2C=CC3(CN(Cc4ccccc4Cl)C(=O)[C@H]13)O2. The molecule has 2 unspecified atom stereocenters. The van der Waals surface area contributed by atoms with Crippen LogP contribution in [-0.4, -0.2) is 39.9 Å². The van der Waals surface area contributed by atoms with Crippen molar-refractivity contribution < 1.29 is 14.3 Å². The Hall–Kier alpha value is -2.70. The standard InChI is InChI=1S/C22H20ClN3O3/c23-16-6-2-1-5-15(16)12-26-13-22-8-7-17(29-22)18(19(22)21(26)28)20(27)25-11-14-4-3-9-24-10-14/h1-10,17-19H,11-13H2,(H,25,27)/t17-,18?,19-,22?/m0/s1. The molecule has 6 nitrogen and oxygen atoms in total. The van der Waals surface area contributed by atoms with E-state index in [2.05, 4.69) is 10.3 Å². The van der Waals surface area contributed by atoms with E-state index in [-0.39, 0.29) is 17.9 Å². The van der Waals surface area contributed by atoms with Crippen LogP contribution in [0.15, 0.2) is 60.9 Å². The van der Waals surface area contributed by atoms with Gasteiger partial charge in [0.05, 0.1) is 24.5 Å². The number of carbonyl (C=O) groups excluding carboxylic acids is 2. The van der Waals surface area contributed by atoms with E-state index in [1.165, 1.54) is 0 Å². The molecule has 2 aromatic rings. The van der Waals surface area contributed by atoms with Crippen molar-refractivity contribution in [3.05, 3.63) is 77.1 Å². The average Bonchev–Trinajstić information content (AvgIpc) is 3.37. The molecule has 2 bridgehead atoms. The fourth-order valence-electron chi connectivity index (χ4n) is 4.65. The van der Waals surface area contributed by atoms with Crippen LogP contribution in [0.1, 0.15) is 11.1 Å². The highest BCUT2D eigenvalue weighted by Gasteiger charge is 2.66. The topological polar surface area (TPSA) is 71.5 Å². The quantitative estimate of drug-likeness (QED) is 0.769. The maximum atomic E-state index is 13.3. The number of hydrogen-bond donors (Lipinski definition) is 1. The van der Waals surface area contributed by atoms with Crippen molar-refractivity contribution in [3.63, 3.8) is 0 Å². The van der Waals surface area contributed by atoms with Crippen molar-refractivity contribution in [1.29, 1.82) is 0 Å². The molecule has 1 aromatic carbocycles. The maximum absolute atomic E-state index is 13.3. The number of ether oxygens (including phenoxy) is 1. The minimum Gasteiger partial charge on any atom is -0.360 e. The Kier molecular flexibility index (Phi) is 4.41. The molecule has 3 aliphatic rings. The van der Waals surface area contributed by atoms with Gasteiger partial charge in [0, 0.05) is 30.5 Å². The molecule has 2 fully saturated rings. The molecule has 2 saturated heterocycles. The Bertz CT molecular complexity index is 996. The van der Waals surface area contributed by atoms with Crippen molar-refractivity contribution in [1.82, 2.24) is 15.2 Å². The largest absolute Gasteiger partial charge is 0.360 e.